The fourth-order valence-electron chi connectivity index (χ4n) is 2.15. The Hall–Kier alpha value is -0.390. The zero-order valence-electron chi connectivity index (χ0n) is 10.0. The van der Waals surface area contributed by atoms with Crippen molar-refractivity contribution < 1.29 is 9.47 Å². The van der Waals surface area contributed by atoms with E-state index in [1.165, 1.54) is 5.39 Å². The Bertz CT molecular complexity index is 566. The summed E-state index contributed by atoms with van der Waals surface area (Å²) in [7, 11) is 0. The van der Waals surface area contributed by atoms with Crippen LogP contribution in [-0.2, 0) is 4.74 Å². The van der Waals surface area contributed by atoms with Crippen molar-refractivity contribution in [3.05, 3.63) is 23.9 Å². The number of benzene rings is 1. The fourth-order valence-corrected chi connectivity index (χ4v) is 3.69. The summed E-state index contributed by atoms with van der Waals surface area (Å²) < 4.78 is 13.4. The molecule has 0 spiro atoms. The number of nitrogens with zero attached hydrogens (tertiary/aromatic N) is 2. The van der Waals surface area contributed by atoms with E-state index in [-0.39, 0.29) is 6.10 Å². The summed E-state index contributed by atoms with van der Waals surface area (Å²) >= 11 is 2.34. The van der Waals surface area contributed by atoms with Crippen LogP contribution in [0.1, 0.15) is 12.0 Å². The molecule has 2 atom stereocenters. The number of halogens is 1. The van der Waals surface area contributed by atoms with E-state index in [4.69, 9.17) is 9.47 Å². The van der Waals surface area contributed by atoms with Crippen LogP contribution >= 0.6 is 28.4 Å². The summed E-state index contributed by atoms with van der Waals surface area (Å²) in [6.45, 7) is 3.58. The number of aromatic nitrogens is 2. The first-order valence-electron chi connectivity index (χ1n) is 5.87. The van der Waals surface area contributed by atoms with Crippen LogP contribution in [0.3, 0.4) is 0 Å². The molecule has 2 aromatic rings. The van der Waals surface area contributed by atoms with Crippen LogP contribution in [0.25, 0.3) is 10.9 Å². The van der Waals surface area contributed by atoms with Gasteiger partial charge in [-0.1, -0.05) is 0 Å². The maximum atomic E-state index is 6.02. The summed E-state index contributed by atoms with van der Waals surface area (Å²) in [5.41, 5.74) is 2.30. The zero-order valence-corrected chi connectivity index (χ0v) is 13.2. The van der Waals surface area contributed by atoms with Crippen LogP contribution in [0.2, 0.25) is 0 Å². The van der Waals surface area contributed by atoms with Crippen molar-refractivity contribution in [3.8, 4) is 5.75 Å². The van der Waals surface area contributed by atoms with Gasteiger partial charge in [-0.3, -0.25) is 0 Å². The number of ether oxygens (including phenoxy) is 2. The largest absolute Gasteiger partial charge is 0.488 e. The topological polar surface area (TPSA) is 36.3 Å². The van der Waals surface area contributed by atoms with Crippen molar-refractivity contribution in [1.82, 2.24) is 9.55 Å². The molecule has 96 valence electrons. The highest BCUT2D eigenvalue weighted by atomic mass is 127. The van der Waals surface area contributed by atoms with Gasteiger partial charge in [0.05, 0.1) is 31.3 Å². The molecule has 0 amide bonds. The summed E-state index contributed by atoms with van der Waals surface area (Å²) in [4.78, 5) is 0. The minimum atomic E-state index is 0.194. The second-order valence-corrected chi connectivity index (χ2v) is 6.46. The lowest BCUT2D eigenvalue weighted by atomic mass is 10.1. The highest BCUT2D eigenvalue weighted by molar-refractivity contribution is 14.2. The van der Waals surface area contributed by atoms with Crippen LogP contribution in [-0.4, -0.2) is 28.9 Å². The minimum Gasteiger partial charge on any atom is -0.488 e. The molecule has 18 heavy (non-hydrogen) atoms. The quantitative estimate of drug-likeness (QED) is 0.609. The highest BCUT2D eigenvalue weighted by Crippen LogP contribution is 2.32. The van der Waals surface area contributed by atoms with E-state index in [1.54, 1.807) is 0 Å². The van der Waals surface area contributed by atoms with Crippen LogP contribution in [0.15, 0.2) is 18.3 Å². The predicted molar refractivity (Wildman–Crippen MR) is 82.1 cm³/mol. The maximum Gasteiger partial charge on any atom is 0.124 e. The first-order valence-corrected chi connectivity index (χ1v) is 9.93. The third kappa shape index (κ3) is 2.36. The molecule has 1 aromatic carbocycles. The normalized spacial score (nSPS) is 20.2. The molecule has 0 N–H and O–H groups in total. The predicted octanol–water partition coefficient (Wildman–Crippen LogP) is 3.30. The maximum absolute atomic E-state index is 6.02. The second-order valence-electron chi connectivity index (χ2n) is 4.42. The third-order valence-corrected chi connectivity index (χ3v) is 5.01. The van der Waals surface area contributed by atoms with E-state index in [9.17, 15) is 0 Å². The minimum absolute atomic E-state index is 0.194. The van der Waals surface area contributed by atoms with E-state index < -0.39 is 0 Å². The van der Waals surface area contributed by atoms with Gasteiger partial charge in [0.1, 0.15) is 11.9 Å². The van der Waals surface area contributed by atoms with E-state index in [1.807, 2.05) is 10.6 Å². The SMILES string of the molecule is Cc1cc2cnn(PI)c2cc1OC1CCOC1. The third-order valence-electron chi connectivity index (χ3n) is 3.13. The molecule has 4 nitrogen and oxygen atoms in total. The van der Waals surface area contributed by atoms with E-state index in [0.29, 0.717) is 13.0 Å². The van der Waals surface area contributed by atoms with Gasteiger partial charge in [-0.25, -0.2) is 4.45 Å². The molecule has 2 heterocycles. The number of hydrogen-bond acceptors (Lipinski definition) is 3. The number of aryl methyl sites for hydroxylation is 1. The fraction of sp³-hybridized carbons (Fsp3) is 0.417. The first-order chi connectivity index (χ1) is 8.78. The Morgan fingerprint density at radius 2 is 2.44 bits per heavy atom. The average Bonchev–Trinajstić information content (AvgIpc) is 2.99. The highest BCUT2D eigenvalue weighted by Gasteiger charge is 2.18. The van der Waals surface area contributed by atoms with Crippen molar-refractivity contribution in [2.45, 2.75) is 19.4 Å². The molecule has 0 aliphatic carbocycles. The van der Waals surface area contributed by atoms with Crippen molar-refractivity contribution in [2.24, 2.45) is 0 Å². The monoisotopic (exact) mass is 376 g/mol. The van der Waals surface area contributed by atoms with Crippen molar-refractivity contribution in [2.75, 3.05) is 13.2 Å². The lowest BCUT2D eigenvalue weighted by Crippen LogP contribution is -2.16. The molecule has 0 bridgehead atoms. The van der Waals surface area contributed by atoms with Gasteiger partial charge >= 0.3 is 0 Å². The van der Waals surface area contributed by atoms with E-state index in [0.717, 1.165) is 29.9 Å². The number of hydrogen-bond donors (Lipinski definition) is 0. The summed E-state index contributed by atoms with van der Waals surface area (Å²) in [5, 5.41) is 5.54. The molecule has 1 aromatic heterocycles. The molecule has 1 fully saturated rings. The lowest BCUT2D eigenvalue weighted by molar-refractivity contribution is 0.141. The van der Waals surface area contributed by atoms with Crippen molar-refractivity contribution in [3.63, 3.8) is 0 Å². The zero-order chi connectivity index (χ0) is 12.5. The van der Waals surface area contributed by atoms with Crippen molar-refractivity contribution in [1.29, 1.82) is 0 Å². The Balaban J connectivity index is 1.96. The van der Waals surface area contributed by atoms with Crippen LogP contribution in [0.4, 0.5) is 0 Å². The molecular formula is C12H14IN2O2P. The second kappa shape index (κ2) is 5.31. The Morgan fingerprint density at radius 3 is 3.17 bits per heavy atom. The molecule has 1 aliphatic rings. The van der Waals surface area contributed by atoms with Gasteiger partial charge in [0.15, 0.2) is 0 Å². The van der Waals surface area contributed by atoms with Gasteiger partial charge in [0.25, 0.3) is 0 Å². The van der Waals surface area contributed by atoms with Gasteiger partial charge in [-0.05, 0) is 40.6 Å². The number of fused-ring (bicyclic) bond motifs is 1. The summed E-state index contributed by atoms with van der Waals surface area (Å²) in [5.74, 6) is 0.953. The standard InChI is InChI=1S/C12H14IN2O2P/c1-8-4-9-6-14-15(18-13)11(9)5-12(8)17-10-2-3-16-7-10/h4-6,10,18H,2-3,7H2,1H3. The van der Waals surface area contributed by atoms with Crippen LogP contribution in [0.5, 0.6) is 5.75 Å². The Kier molecular flexibility index (Phi) is 3.73. The average molecular weight is 376 g/mol. The van der Waals surface area contributed by atoms with Gasteiger partial charge < -0.3 is 9.47 Å². The number of rotatable bonds is 3. The first kappa shape index (κ1) is 12.6. The Labute approximate surface area is 120 Å². The molecule has 0 radical (unpaired) electrons. The van der Waals surface area contributed by atoms with Crippen LogP contribution < -0.4 is 4.74 Å². The molecule has 1 saturated heterocycles. The molecule has 0 saturated carbocycles. The molecular weight excluding hydrogens is 362 g/mol. The van der Waals surface area contributed by atoms with Gasteiger partial charge in [0, 0.05) is 17.9 Å². The van der Waals surface area contributed by atoms with E-state index >= 15 is 0 Å². The van der Waals surface area contributed by atoms with Gasteiger partial charge in [-0.15, -0.1) is 0 Å². The molecule has 6 heteroatoms. The molecule has 3 rings (SSSR count). The smallest absolute Gasteiger partial charge is 0.124 e. The summed E-state index contributed by atoms with van der Waals surface area (Å²) in [6.07, 6.45) is 3.69. The molecule has 2 unspecified atom stereocenters. The van der Waals surface area contributed by atoms with Gasteiger partial charge in [0.2, 0.25) is 0 Å². The summed E-state index contributed by atoms with van der Waals surface area (Å²) in [6, 6.07) is 4.24. The Morgan fingerprint density at radius 1 is 1.56 bits per heavy atom. The van der Waals surface area contributed by atoms with Crippen molar-refractivity contribution >= 4 is 39.3 Å². The van der Waals surface area contributed by atoms with Crippen LogP contribution in [0, 0.1) is 6.92 Å². The lowest BCUT2D eigenvalue weighted by Gasteiger charge is -2.14. The van der Waals surface area contributed by atoms with E-state index in [2.05, 4.69) is 46.2 Å². The molecule has 1 aliphatic heterocycles. The van der Waals surface area contributed by atoms with Gasteiger partial charge in [-0.2, -0.15) is 5.10 Å².